The number of nitrogens with zero attached hydrogens (tertiary/aromatic N) is 2. The van der Waals surface area contributed by atoms with Gasteiger partial charge in [0.1, 0.15) is 11.6 Å². The molecule has 0 aliphatic heterocycles. The van der Waals surface area contributed by atoms with E-state index in [1.165, 1.54) is 19.2 Å². The zero-order valence-electron chi connectivity index (χ0n) is 10.9. The van der Waals surface area contributed by atoms with Gasteiger partial charge in [0, 0.05) is 22.9 Å². The minimum Gasteiger partial charge on any atom is -0.496 e. The van der Waals surface area contributed by atoms with Gasteiger partial charge in [-0.05, 0) is 18.2 Å². The molecular formula is C13H10ClN3O3S. The van der Waals surface area contributed by atoms with Crippen molar-refractivity contribution in [1.82, 2.24) is 15.0 Å². The Morgan fingerprint density at radius 1 is 1.29 bits per heavy atom. The molecule has 2 heterocycles. The number of hydrogen-bond donors (Lipinski definition) is 1. The molecule has 3 aromatic rings. The molecule has 0 atom stereocenters. The Morgan fingerprint density at radius 2 is 2.10 bits per heavy atom. The number of aromatic nitrogens is 3. The van der Waals surface area contributed by atoms with Crippen LogP contribution in [0.5, 0.6) is 5.75 Å². The van der Waals surface area contributed by atoms with Crippen molar-refractivity contribution in [3.05, 3.63) is 36.7 Å². The summed E-state index contributed by atoms with van der Waals surface area (Å²) in [5.74, 6) is 0.928. The van der Waals surface area contributed by atoms with Crippen LogP contribution in [0.15, 0.2) is 41.6 Å². The third-order valence-electron chi connectivity index (χ3n) is 2.99. The minimum absolute atomic E-state index is 0.0254. The summed E-state index contributed by atoms with van der Waals surface area (Å²) in [4.78, 5) is 11.5. The number of benzene rings is 1. The number of halogens is 1. The van der Waals surface area contributed by atoms with Crippen molar-refractivity contribution in [2.45, 2.75) is 4.90 Å². The van der Waals surface area contributed by atoms with E-state index in [-0.39, 0.29) is 4.90 Å². The molecule has 0 aliphatic carbocycles. The van der Waals surface area contributed by atoms with Gasteiger partial charge in [0.05, 0.1) is 34.8 Å². The third kappa shape index (κ3) is 2.57. The van der Waals surface area contributed by atoms with Gasteiger partial charge in [-0.3, -0.25) is 4.98 Å². The van der Waals surface area contributed by atoms with Gasteiger partial charge < -0.3 is 9.72 Å². The lowest BCUT2D eigenvalue weighted by Crippen LogP contribution is -1.95. The summed E-state index contributed by atoms with van der Waals surface area (Å²) in [5.41, 5.74) is 2.18. The molecule has 0 unspecified atom stereocenters. The van der Waals surface area contributed by atoms with Crippen molar-refractivity contribution in [2.75, 3.05) is 7.11 Å². The van der Waals surface area contributed by atoms with Gasteiger partial charge in [0.15, 0.2) is 0 Å². The molecule has 0 amide bonds. The van der Waals surface area contributed by atoms with E-state index in [1.807, 2.05) is 0 Å². The average Bonchev–Trinajstić information content (AvgIpc) is 2.89. The molecule has 2 aromatic heterocycles. The fraction of sp³-hybridized carbons (Fsp3) is 0.0769. The van der Waals surface area contributed by atoms with Crippen LogP contribution in [0.25, 0.3) is 22.4 Å². The maximum Gasteiger partial charge on any atom is 0.261 e. The fourth-order valence-electron chi connectivity index (χ4n) is 2.00. The quantitative estimate of drug-likeness (QED) is 0.749. The van der Waals surface area contributed by atoms with E-state index in [0.717, 1.165) is 11.0 Å². The molecule has 0 spiro atoms. The molecule has 0 saturated carbocycles. The minimum atomic E-state index is -3.81. The number of nitrogens with one attached hydrogen (secondary N) is 1. The number of H-pyrrole nitrogens is 1. The Morgan fingerprint density at radius 3 is 2.76 bits per heavy atom. The Hall–Kier alpha value is -2.12. The van der Waals surface area contributed by atoms with Crippen LogP contribution in [0.3, 0.4) is 0 Å². The van der Waals surface area contributed by atoms with Gasteiger partial charge in [-0.1, -0.05) is 0 Å². The van der Waals surface area contributed by atoms with E-state index in [4.69, 9.17) is 15.4 Å². The second-order valence-electron chi connectivity index (χ2n) is 4.28. The highest BCUT2D eigenvalue weighted by Gasteiger charge is 2.16. The lowest BCUT2D eigenvalue weighted by Gasteiger charge is -2.07. The third-order valence-corrected chi connectivity index (χ3v) is 4.34. The summed E-state index contributed by atoms with van der Waals surface area (Å²) in [6.45, 7) is 0. The van der Waals surface area contributed by atoms with Gasteiger partial charge in [0.2, 0.25) is 0 Å². The molecule has 0 aliphatic rings. The first-order valence-electron chi connectivity index (χ1n) is 5.92. The first-order valence-corrected chi connectivity index (χ1v) is 8.23. The molecule has 0 saturated heterocycles. The monoisotopic (exact) mass is 323 g/mol. The van der Waals surface area contributed by atoms with E-state index < -0.39 is 9.05 Å². The highest BCUT2D eigenvalue weighted by atomic mass is 35.7. The summed E-state index contributed by atoms with van der Waals surface area (Å²) >= 11 is 0. The number of aromatic amines is 1. The van der Waals surface area contributed by atoms with Crippen LogP contribution in [-0.4, -0.2) is 30.5 Å². The first-order chi connectivity index (χ1) is 9.99. The van der Waals surface area contributed by atoms with Crippen molar-refractivity contribution in [1.29, 1.82) is 0 Å². The lowest BCUT2D eigenvalue weighted by atomic mass is 10.2. The number of ether oxygens (including phenoxy) is 1. The summed E-state index contributed by atoms with van der Waals surface area (Å²) in [7, 11) is 2.98. The van der Waals surface area contributed by atoms with Gasteiger partial charge in [0.25, 0.3) is 9.05 Å². The van der Waals surface area contributed by atoms with E-state index in [9.17, 15) is 8.42 Å². The van der Waals surface area contributed by atoms with Crippen molar-refractivity contribution in [2.24, 2.45) is 0 Å². The van der Waals surface area contributed by atoms with Crippen LogP contribution in [0, 0.1) is 0 Å². The van der Waals surface area contributed by atoms with Crippen LogP contribution in [0.4, 0.5) is 0 Å². The number of hydrogen-bond acceptors (Lipinski definition) is 5. The first kappa shape index (κ1) is 13.8. The molecule has 6 nitrogen and oxygen atoms in total. The SMILES string of the molecule is COc1cc(S(=O)(=O)Cl)ccc1-c1nc2ccncc2[nH]1. The Labute approximate surface area is 125 Å². The van der Waals surface area contributed by atoms with Crippen LogP contribution in [-0.2, 0) is 9.05 Å². The molecule has 0 radical (unpaired) electrons. The predicted octanol–water partition coefficient (Wildman–Crippen LogP) is 2.56. The van der Waals surface area contributed by atoms with Crippen molar-refractivity contribution < 1.29 is 13.2 Å². The maximum atomic E-state index is 11.4. The number of methoxy groups -OCH3 is 1. The highest BCUT2D eigenvalue weighted by Crippen LogP contribution is 2.32. The highest BCUT2D eigenvalue weighted by molar-refractivity contribution is 8.13. The van der Waals surface area contributed by atoms with E-state index >= 15 is 0 Å². The van der Waals surface area contributed by atoms with Crippen LogP contribution in [0.2, 0.25) is 0 Å². The van der Waals surface area contributed by atoms with Crippen molar-refractivity contribution >= 4 is 30.8 Å². The molecule has 1 N–H and O–H groups in total. The van der Waals surface area contributed by atoms with E-state index in [0.29, 0.717) is 17.1 Å². The lowest BCUT2D eigenvalue weighted by molar-refractivity contribution is 0.415. The van der Waals surface area contributed by atoms with Crippen LogP contribution >= 0.6 is 10.7 Å². The number of fused-ring (bicyclic) bond motifs is 1. The summed E-state index contributed by atoms with van der Waals surface area (Å²) in [6.07, 6.45) is 3.31. The maximum absolute atomic E-state index is 11.4. The number of rotatable bonds is 3. The van der Waals surface area contributed by atoms with Gasteiger partial charge in [-0.15, -0.1) is 0 Å². The summed E-state index contributed by atoms with van der Waals surface area (Å²) < 4.78 is 28.0. The standard InChI is InChI=1S/C13H10ClN3O3S/c1-20-12-6-8(21(14,18)19)2-3-9(12)13-16-10-4-5-15-7-11(10)17-13/h2-7H,1H3,(H,16,17). The zero-order chi connectivity index (χ0) is 15.0. The number of pyridine rings is 1. The molecule has 8 heteroatoms. The largest absolute Gasteiger partial charge is 0.496 e. The van der Waals surface area contributed by atoms with E-state index in [1.54, 1.807) is 24.5 Å². The molecule has 21 heavy (non-hydrogen) atoms. The molecule has 0 bridgehead atoms. The predicted molar refractivity (Wildman–Crippen MR) is 78.9 cm³/mol. The zero-order valence-corrected chi connectivity index (χ0v) is 12.4. The summed E-state index contributed by atoms with van der Waals surface area (Å²) in [6, 6.07) is 6.15. The van der Waals surface area contributed by atoms with Crippen molar-refractivity contribution in [3.8, 4) is 17.1 Å². The Balaban J connectivity index is 2.17. The van der Waals surface area contributed by atoms with Gasteiger partial charge in [-0.2, -0.15) is 0 Å². The molecule has 0 fully saturated rings. The topological polar surface area (TPSA) is 84.9 Å². The van der Waals surface area contributed by atoms with Crippen molar-refractivity contribution in [3.63, 3.8) is 0 Å². The fourth-order valence-corrected chi connectivity index (χ4v) is 2.77. The Bertz CT molecular complexity index is 888. The number of imidazole rings is 1. The molecule has 108 valence electrons. The second-order valence-corrected chi connectivity index (χ2v) is 6.84. The van der Waals surface area contributed by atoms with Gasteiger partial charge >= 0.3 is 0 Å². The normalized spacial score (nSPS) is 11.7. The summed E-state index contributed by atoms with van der Waals surface area (Å²) in [5, 5.41) is 0. The van der Waals surface area contributed by atoms with Gasteiger partial charge in [-0.25, -0.2) is 13.4 Å². The molecular weight excluding hydrogens is 314 g/mol. The Kier molecular flexibility index (Phi) is 3.30. The molecule has 1 aromatic carbocycles. The van der Waals surface area contributed by atoms with E-state index in [2.05, 4.69) is 15.0 Å². The second kappa shape index (κ2) is 5.01. The molecule has 3 rings (SSSR count). The average molecular weight is 324 g/mol. The van der Waals surface area contributed by atoms with Crippen LogP contribution in [0.1, 0.15) is 0 Å². The smallest absolute Gasteiger partial charge is 0.261 e. The van der Waals surface area contributed by atoms with Crippen LogP contribution < -0.4 is 4.74 Å².